The minimum Gasteiger partial charge on any atom is -0.392 e. The maximum absolute atomic E-state index is 10.8. The maximum Gasteiger partial charge on any atom is 0.0615 e. The molecule has 3 aliphatic carbocycles. The maximum atomic E-state index is 10.8. The number of hydrogen-bond donors (Lipinski definition) is 1. The third-order valence-corrected chi connectivity index (χ3v) is 6.97. The zero-order valence-corrected chi connectivity index (χ0v) is 14.2. The highest BCUT2D eigenvalue weighted by Crippen LogP contribution is 2.70. The van der Waals surface area contributed by atoms with Crippen LogP contribution < -0.4 is 0 Å². The largest absolute Gasteiger partial charge is 0.392 e. The van der Waals surface area contributed by atoms with Crippen LogP contribution in [0.5, 0.6) is 0 Å². The van der Waals surface area contributed by atoms with Crippen LogP contribution in [0.4, 0.5) is 0 Å². The van der Waals surface area contributed by atoms with Crippen LogP contribution in [0.25, 0.3) is 0 Å². The fourth-order valence-corrected chi connectivity index (χ4v) is 5.86. The van der Waals surface area contributed by atoms with Gasteiger partial charge in [-0.15, -0.1) is 0 Å². The fraction of sp³-hybridized carbons (Fsp3) is 0.455. The summed E-state index contributed by atoms with van der Waals surface area (Å²) in [6.45, 7) is 7.07. The van der Waals surface area contributed by atoms with E-state index in [1.54, 1.807) is 0 Å². The highest BCUT2D eigenvalue weighted by Gasteiger charge is 2.68. The third-order valence-electron chi connectivity index (χ3n) is 6.97. The van der Waals surface area contributed by atoms with Crippen LogP contribution in [-0.4, -0.2) is 11.2 Å². The minimum atomic E-state index is -0.171. The van der Waals surface area contributed by atoms with Gasteiger partial charge in [-0.1, -0.05) is 81.4 Å². The lowest BCUT2D eigenvalue weighted by Crippen LogP contribution is -2.70. The smallest absolute Gasteiger partial charge is 0.0615 e. The van der Waals surface area contributed by atoms with Crippen molar-refractivity contribution < 1.29 is 5.11 Å². The molecule has 1 N–H and O–H groups in total. The van der Waals surface area contributed by atoms with Crippen molar-refractivity contribution in [3.05, 3.63) is 71.8 Å². The van der Waals surface area contributed by atoms with Crippen LogP contribution in [0.1, 0.15) is 44.2 Å². The molecule has 0 heterocycles. The van der Waals surface area contributed by atoms with Crippen molar-refractivity contribution in [3.63, 3.8) is 0 Å². The van der Waals surface area contributed by atoms with Crippen molar-refractivity contribution >= 4 is 0 Å². The van der Waals surface area contributed by atoms with Crippen molar-refractivity contribution in [3.8, 4) is 0 Å². The first-order valence-electron chi connectivity index (χ1n) is 8.76. The summed E-state index contributed by atoms with van der Waals surface area (Å²) in [5, 5.41) is 10.8. The summed E-state index contributed by atoms with van der Waals surface area (Å²) in [4.78, 5) is 0. The lowest BCUT2D eigenvalue weighted by Gasteiger charge is -2.70. The summed E-state index contributed by atoms with van der Waals surface area (Å²) in [5.41, 5.74) is 2.95. The molecule has 0 aromatic heterocycles. The molecule has 1 nitrogen and oxygen atoms in total. The highest BCUT2D eigenvalue weighted by atomic mass is 16.3. The van der Waals surface area contributed by atoms with Crippen molar-refractivity contribution in [1.29, 1.82) is 0 Å². The molecule has 0 spiro atoms. The predicted molar refractivity (Wildman–Crippen MR) is 94.4 cm³/mol. The Balaban J connectivity index is 1.88. The van der Waals surface area contributed by atoms with Gasteiger partial charge in [-0.2, -0.15) is 0 Å². The van der Waals surface area contributed by atoms with Gasteiger partial charge in [0.25, 0.3) is 0 Å². The quantitative estimate of drug-likeness (QED) is 0.847. The Kier molecular flexibility index (Phi) is 3.22. The Hall–Kier alpha value is -1.60. The molecule has 3 saturated carbocycles. The van der Waals surface area contributed by atoms with E-state index in [-0.39, 0.29) is 16.9 Å². The lowest BCUT2D eigenvalue weighted by atomic mass is 9.35. The van der Waals surface area contributed by atoms with Gasteiger partial charge in [-0.25, -0.2) is 0 Å². The molecule has 1 heteroatoms. The van der Waals surface area contributed by atoms with Crippen LogP contribution in [0.15, 0.2) is 60.7 Å². The first kappa shape index (κ1) is 15.0. The summed E-state index contributed by atoms with van der Waals surface area (Å²) in [6, 6.07) is 21.7. The molecule has 5 rings (SSSR count). The van der Waals surface area contributed by atoms with Crippen molar-refractivity contribution in [2.75, 3.05) is 0 Å². The SMILES string of the molecule is CC1(C)C2CC(c3ccccc3)C(C)(c3ccccc3)C1C2O. The number of rotatable bonds is 2. The molecule has 2 bridgehead atoms. The third kappa shape index (κ3) is 1.89. The summed E-state index contributed by atoms with van der Waals surface area (Å²) >= 11 is 0. The van der Waals surface area contributed by atoms with Crippen LogP contribution in [0.2, 0.25) is 0 Å². The Morgan fingerprint density at radius 1 is 0.870 bits per heavy atom. The topological polar surface area (TPSA) is 20.2 Å². The number of benzene rings is 2. The molecular weight excluding hydrogens is 280 g/mol. The summed E-state index contributed by atoms with van der Waals surface area (Å²) in [5.74, 6) is 1.19. The molecule has 120 valence electrons. The lowest BCUT2D eigenvalue weighted by molar-refractivity contribution is -0.226. The Labute approximate surface area is 139 Å². The van der Waals surface area contributed by atoms with Gasteiger partial charge >= 0.3 is 0 Å². The number of aliphatic hydroxyl groups is 1. The van der Waals surface area contributed by atoms with E-state index in [2.05, 4.69) is 81.4 Å². The molecule has 0 aliphatic heterocycles. The van der Waals surface area contributed by atoms with Crippen LogP contribution in [-0.2, 0) is 5.41 Å². The molecule has 2 aromatic rings. The average Bonchev–Trinajstić information content (AvgIpc) is 2.56. The summed E-state index contributed by atoms with van der Waals surface area (Å²) < 4.78 is 0. The fourth-order valence-electron chi connectivity index (χ4n) is 5.86. The van der Waals surface area contributed by atoms with E-state index in [0.717, 1.165) is 6.42 Å². The van der Waals surface area contributed by atoms with E-state index in [0.29, 0.717) is 17.8 Å². The van der Waals surface area contributed by atoms with Crippen molar-refractivity contribution in [1.82, 2.24) is 0 Å². The first-order valence-corrected chi connectivity index (χ1v) is 8.76. The molecule has 3 fully saturated rings. The monoisotopic (exact) mass is 306 g/mol. The van der Waals surface area contributed by atoms with Gasteiger partial charge in [0.05, 0.1) is 6.10 Å². The minimum absolute atomic E-state index is 0.0275. The second-order valence-corrected chi connectivity index (χ2v) is 8.24. The van der Waals surface area contributed by atoms with E-state index >= 15 is 0 Å². The normalized spacial score (nSPS) is 37.9. The Morgan fingerprint density at radius 2 is 1.43 bits per heavy atom. The van der Waals surface area contributed by atoms with Gasteiger partial charge in [0.1, 0.15) is 0 Å². The predicted octanol–water partition coefficient (Wildman–Crippen LogP) is 4.76. The molecule has 0 amide bonds. The van der Waals surface area contributed by atoms with E-state index in [9.17, 15) is 5.11 Å². The molecule has 5 unspecified atom stereocenters. The molecular formula is C22H26O. The zero-order valence-electron chi connectivity index (χ0n) is 14.2. The Morgan fingerprint density at radius 3 is 2.00 bits per heavy atom. The zero-order chi connectivity index (χ0) is 16.2. The van der Waals surface area contributed by atoms with Crippen molar-refractivity contribution in [2.24, 2.45) is 17.3 Å². The molecule has 23 heavy (non-hydrogen) atoms. The van der Waals surface area contributed by atoms with Crippen LogP contribution in [0, 0.1) is 17.3 Å². The molecule has 0 radical (unpaired) electrons. The van der Waals surface area contributed by atoms with Gasteiger partial charge in [-0.3, -0.25) is 0 Å². The summed E-state index contributed by atoms with van der Waals surface area (Å²) in [7, 11) is 0. The highest BCUT2D eigenvalue weighted by molar-refractivity contribution is 5.40. The van der Waals surface area contributed by atoms with E-state index < -0.39 is 0 Å². The standard InChI is InChI=1S/C22H26O/c1-21(2)18-14-17(15-10-6-4-7-11-15)22(3,20(21)19(18)23)16-12-8-5-9-13-16/h4-13,17-20,23H,14H2,1-3H3. The molecule has 0 saturated heterocycles. The second-order valence-electron chi connectivity index (χ2n) is 8.24. The number of fused-ring (bicyclic) bond motifs is 2. The number of aliphatic hydroxyl groups excluding tert-OH is 1. The van der Waals surface area contributed by atoms with Gasteiger partial charge in [0.2, 0.25) is 0 Å². The molecule has 3 aliphatic rings. The van der Waals surface area contributed by atoms with Gasteiger partial charge in [-0.05, 0) is 34.8 Å². The Bertz CT molecular complexity index is 690. The van der Waals surface area contributed by atoms with Crippen molar-refractivity contribution in [2.45, 2.75) is 44.6 Å². The summed E-state index contributed by atoms with van der Waals surface area (Å²) in [6.07, 6.45) is 0.898. The molecule has 5 atom stereocenters. The van der Waals surface area contributed by atoms with E-state index in [1.165, 1.54) is 11.1 Å². The van der Waals surface area contributed by atoms with E-state index in [1.807, 2.05) is 0 Å². The first-order chi connectivity index (χ1) is 11.0. The van der Waals surface area contributed by atoms with Crippen LogP contribution in [0.3, 0.4) is 0 Å². The second kappa shape index (κ2) is 4.95. The van der Waals surface area contributed by atoms with Gasteiger partial charge in [0, 0.05) is 11.3 Å². The van der Waals surface area contributed by atoms with E-state index in [4.69, 9.17) is 0 Å². The molecule has 2 aromatic carbocycles. The number of hydrogen-bond acceptors (Lipinski definition) is 1. The van der Waals surface area contributed by atoms with Crippen LogP contribution >= 0.6 is 0 Å². The van der Waals surface area contributed by atoms with Gasteiger partial charge < -0.3 is 5.11 Å². The van der Waals surface area contributed by atoms with Gasteiger partial charge in [0.15, 0.2) is 0 Å². The average molecular weight is 306 g/mol.